The predicted molar refractivity (Wildman–Crippen MR) is 76.3 cm³/mol. The van der Waals surface area contributed by atoms with Gasteiger partial charge in [-0.25, -0.2) is 4.79 Å². The summed E-state index contributed by atoms with van der Waals surface area (Å²) in [6.45, 7) is 5.69. The minimum absolute atomic E-state index is 0.276. The number of nitrogens with zero attached hydrogens (tertiary/aromatic N) is 1. The van der Waals surface area contributed by atoms with E-state index in [0.29, 0.717) is 31.1 Å². The summed E-state index contributed by atoms with van der Waals surface area (Å²) in [5, 5.41) is 8.54. The lowest BCUT2D eigenvalue weighted by atomic mass is 10.0. The molecule has 0 bridgehead atoms. The topological polar surface area (TPSA) is 66.8 Å². The van der Waals surface area contributed by atoms with E-state index in [1.807, 2.05) is 32.2 Å². The molecule has 5 heteroatoms. The van der Waals surface area contributed by atoms with Crippen LogP contribution in [0.5, 0.6) is 0 Å². The van der Waals surface area contributed by atoms with E-state index in [0.717, 1.165) is 18.7 Å². The van der Waals surface area contributed by atoms with Crippen LogP contribution in [-0.2, 0) is 14.3 Å². The molecule has 5 nitrogen and oxygen atoms in total. The van der Waals surface area contributed by atoms with Gasteiger partial charge in [0.25, 0.3) is 0 Å². The van der Waals surface area contributed by atoms with E-state index in [1.165, 1.54) is 0 Å². The molecule has 0 unspecified atom stereocenters. The zero-order chi connectivity index (χ0) is 15.0. The largest absolute Gasteiger partial charge is 0.480 e. The number of Topliss-reactive ketones (excluding diaryl/α,β-unsaturated/α-hetero) is 1. The van der Waals surface area contributed by atoms with Crippen LogP contribution in [0.25, 0.3) is 0 Å². The van der Waals surface area contributed by atoms with Crippen LogP contribution < -0.4 is 0 Å². The lowest BCUT2D eigenvalue weighted by Crippen LogP contribution is -2.29. The SMILES string of the molecule is CC(C)/C(=C\C=C\N1CCC(=O)CC1)COCC(=O)O. The second kappa shape index (κ2) is 8.53. The number of aliphatic carboxylic acids is 1. The number of carbonyl (C=O) groups excluding carboxylic acids is 1. The minimum atomic E-state index is -0.957. The van der Waals surface area contributed by atoms with Crippen molar-refractivity contribution in [3.63, 3.8) is 0 Å². The van der Waals surface area contributed by atoms with E-state index in [4.69, 9.17) is 9.84 Å². The average molecular weight is 281 g/mol. The van der Waals surface area contributed by atoms with Crippen LogP contribution in [0.1, 0.15) is 26.7 Å². The smallest absolute Gasteiger partial charge is 0.329 e. The van der Waals surface area contributed by atoms with Crippen LogP contribution in [-0.4, -0.2) is 48.1 Å². The third-order valence-corrected chi connectivity index (χ3v) is 3.20. The Morgan fingerprint density at radius 1 is 1.35 bits per heavy atom. The van der Waals surface area contributed by atoms with Crippen molar-refractivity contribution in [1.82, 2.24) is 4.90 Å². The van der Waals surface area contributed by atoms with Crippen molar-refractivity contribution < 1.29 is 19.4 Å². The maximum Gasteiger partial charge on any atom is 0.329 e. The van der Waals surface area contributed by atoms with E-state index in [-0.39, 0.29) is 6.61 Å². The summed E-state index contributed by atoms with van der Waals surface area (Å²) in [5.41, 5.74) is 1.05. The average Bonchev–Trinajstić information content (AvgIpc) is 2.38. The van der Waals surface area contributed by atoms with Gasteiger partial charge in [0, 0.05) is 25.9 Å². The molecule has 0 radical (unpaired) electrons. The Morgan fingerprint density at radius 2 is 2.00 bits per heavy atom. The van der Waals surface area contributed by atoms with Gasteiger partial charge in [-0.2, -0.15) is 0 Å². The van der Waals surface area contributed by atoms with Crippen molar-refractivity contribution in [3.05, 3.63) is 23.9 Å². The molecule has 1 aliphatic heterocycles. The molecule has 20 heavy (non-hydrogen) atoms. The standard InChI is InChI=1S/C15H23NO4/c1-12(2)13(10-20-11-15(18)19)4-3-7-16-8-5-14(17)6-9-16/h3-4,7,12H,5-6,8-11H2,1-2H3,(H,18,19)/b7-3+,13-4-. The molecule has 1 aliphatic rings. The fourth-order valence-electron chi connectivity index (χ4n) is 1.87. The Morgan fingerprint density at radius 3 is 2.55 bits per heavy atom. The fourth-order valence-corrected chi connectivity index (χ4v) is 1.87. The number of ether oxygens (including phenoxy) is 1. The quantitative estimate of drug-likeness (QED) is 0.721. The molecule has 1 heterocycles. The van der Waals surface area contributed by atoms with Gasteiger partial charge in [-0.05, 0) is 23.8 Å². The summed E-state index contributed by atoms with van der Waals surface area (Å²) in [7, 11) is 0. The number of carbonyl (C=O) groups is 2. The number of hydrogen-bond acceptors (Lipinski definition) is 4. The Labute approximate surface area is 119 Å². The van der Waals surface area contributed by atoms with Crippen LogP contribution in [0.4, 0.5) is 0 Å². The van der Waals surface area contributed by atoms with Crippen LogP contribution in [0.3, 0.4) is 0 Å². The van der Waals surface area contributed by atoms with E-state index >= 15 is 0 Å². The highest BCUT2D eigenvalue weighted by atomic mass is 16.5. The van der Waals surface area contributed by atoms with Gasteiger partial charge in [-0.15, -0.1) is 0 Å². The molecule has 1 rings (SSSR count). The number of rotatable bonds is 7. The van der Waals surface area contributed by atoms with Gasteiger partial charge in [-0.3, -0.25) is 4.79 Å². The molecular formula is C15H23NO4. The molecular weight excluding hydrogens is 258 g/mol. The van der Waals surface area contributed by atoms with E-state index in [9.17, 15) is 9.59 Å². The van der Waals surface area contributed by atoms with E-state index in [1.54, 1.807) is 0 Å². The molecule has 0 spiro atoms. The van der Waals surface area contributed by atoms with Crippen molar-refractivity contribution in [2.75, 3.05) is 26.3 Å². The first-order chi connectivity index (χ1) is 9.49. The number of carboxylic acid groups (broad SMARTS) is 1. The number of likely N-dealkylation sites (tertiary alicyclic amines) is 1. The lowest BCUT2D eigenvalue weighted by molar-refractivity contribution is -0.141. The molecule has 0 atom stereocenters. The highest BCUT2D eigenvalue weighted by Gasteiger charge is 2.12. The van der Waals surface area contributed by atoms with Crippen LogP contribution in [0, 0.1) is 5.92 Å². The normalized spacial score (nSPS) is 17.2. The highest BCUT2D eigenvalue weighted by molar-refractivity contribution is 5.79. The molecule has 0 amide bonds. The van der Waals surface area contributed by atoms with Gasteiger partial charge in [0.15, 0.2) is 0 Å². The monoisotopic (exact) mass is 281 g/mol. The second-order valence-electron chi connectivity index (χ2n) is 5.20. The Bertz CT molecular complexity index is 389. The molecule has 1 fully saturated rings. The number of hydrogen-bond donors (Lipinski definition) is 1. The molecule has 0 saturated carbocycles. The van der Waals surface area contributed by atoms with Crippen LogP contribution in [0.2, 0.25) is 0 Å². The molecule has 112 valence electrons. The molecule has 0 aromatic heterocycles. The summed E-state index contributed by atoms with van der Waals surface area (Å²) < 4.78 is 5.12. The Kier molecular flexibility index (Phi) is 7.01. The molecule has 1 N–H and O–H groups in total. The Hall–Kier alpha value is -1.62. The number of piperidine rings is 1. The first kappa shape index (κ1) is 16.4. The molecule has 0 aromatic carbocycles. The third kappa shape index (κ3) is 6.52. The van der Waals surface area contributed by atoms with Crippen molar-refractivity contribution in [1.29, 1.82) is 0 Å². The summed E-state index contributed by atoms with van der Waals surface area (Å²) in [5.74, 6) is -0.326. The van der Waals surface area contributed by atoms with Crippen molar-refractivity contribution >= 4 is 11.8 Å². The second-order valence-corrected chi connectivity index (χ2v) is 5.20. The fraction of sp³-hybridized carbons (Fsp3) is 0.600. The zero-order valence-electron chi connectivity index (χ0n) is 12.2. The van der Waals surface area contributed by atoms with Crippen LogP contribution in [0.15, 0.2) is 23.9 Å². The Balaban J connectivity index is 2.45. The van der Waals surface area contributed by atoms with Crippen LogP contribution >= 0.6 is 0 Å². The number of allylic oxidation sites excluding steroid dienone is 2. The maximum absolute atomic E-state index is 11.1. The molecule has 0 aromatic rings. The van der Waals surface area contributed by atoms with E-state index < -0.39 is 5.97 Å². The van der Waals surface area contributed by atoms with Gasteiger partial charge in [0.1, 0.15) is 12.4 Å². The minimum Gasteiger partial charge on any atom is -0.480 e. The van der Waals surface area contributed by atoms with Crippen molar-refractivity contribution in [3.8, 4) is 0 Å². The van der Waals surface area contributed by atoms with Crippen molar-refractivity contribution in [2.45, 2.75) is 26.7 Å². The first-order valence-electron chi connectivity index (χ1n) is 6.91. The van der Waals surface area contributed by atoms with Gasteiger partial charge < -0.3 is 14.7 Å². The van der Waals surface area contributed by atoms with Gasteiger partial charge >= 0.3 is 5.97 Å². The van der Waals surface area contributed by atoms with Crippen molar-refractivity contribution in [2.24, 2.45) is 5.92 Å². The predicted octanol–water partition coefficient (Wildman–Crippen LogP) is 1.85. The van der Waals surface area contributed by atoms with Gasteiger partial charge in [-0.1, -0.05) is 19.9 Å². The highest BCUT2D eigenvalue weighted by Crippen LogP contribution is 2.11. The van der Waals surface area contributed by atoms with Gasteiger partial charge in [0.05, 0.1) is 6.61 Å². The summed E-state index contributed by atoms with van der Waals surface area (Å²) in [4.78, 5) is 23.7. The number of carboxylic acids is 1. The molecule has 0 aliphatic carbocycles. The van der Waals surface area contributed by atoms with Gasteiger partial charge in [0.2, 0.25) is 0 Å². The summed E-state index contributed by atoms with van der Waals surface area (Å²) in [6.07, 6.45) is 7.11. The first-order valence-corrected chi connectivity index (χ1v) is 6.91. The maximum atomic E-state index is 11.1. The third-order valence-electron chi connectivity index (χ3n) is 3.20. The summed E-state index contributed by atoms with van der Waals surface area (Å²) >= 11 is 0. The zero-order valence-corrected chi connectivity index (χ0v) is 12.2. The summed E-state index contributed by atoms with van der Waals surface area (Å²) in [6, 6.07) is 0. The lowest BCUT2D eigenvalue weighted by Gasteiger charge is -2.23. The number of ketones is 1. The van der Waals surface area contributed by atoms with E-state index in [2.05, 4.69) is 4.90 Å². The molecule has 1 saturated heterocycles.